The van der Waals surface area contributed by atoms with Crippen molar-refractivity contribution in [2.45, 2.75) is 13.3 Å². The van der Waals surface area contributed by atoms with Crippen LogP contribution in [-0.2, 0) is 9.59 Å². The third kappa shape index (κ3) is 3.93. The van der Waals surface area contributed by atoms with E-state index in [2.05, 4.69) is 15.4 Å². The molecule has 2 aromatic rings. The van der Waals surface area contributed by atoms with Gasteiger partial charge in [0.2, 0.25) is 11.8 Å². The summed E-state index contributed by atoms with van der Waals surface area (Å²) in [5.41, 5.74) is 1.07. The van der Waals surface area contributed by atoms with E-state index < -0.39 is 0 Å². The third-order valence-electron chi connectivity index (χ3n) is 5.09. The maximum Gasteiger partial charge on any atom is 0.229 e. The molecule has 1 aliphatic carbocycles. The molecule has 142 valence electrons. The number of amides is 2. The van der Waals surface area contributed by atoms with Gasteiger partial charge in [-0.05, 0) is 31.5 Å². The molecule has 27 heavy (non-hydrogen) atoms. The average molecular weight is 389 g/mol. The van der Waals surface area contributed by atoms with Crippen LogP contribution in [0.15, 0.2) is 34.9 Å². The first kappa shape index (κ1) is 17.9. The number of rotatable bonds is 4. The number of aromatic nitrogens is 1. The van der Waals surface area contributed by atoms with Crippen LogP contribution in [0.5, 0.6) is 0 Å². The van der Waals surface area contributed by atoms with Crippen LogP contribution in [0.4, 0.5) is 11.5 Å². The Labute approximate surface area is 162 Å². The Hall–Kier alpha value is -2.54. The van der Waals surface area contributed by atoms with E-state index >= 15 is 0 Å². The normalized spacial score (nSPS) is 21.9. The topological polar surface area (TPSA) is 78.7 Å². The summed E-state index contributed by atoms with van der Waals surface area (Å²) in [5, 5.41) is 7.17. The van der Waals surface area contributed by atoms with Crippen LogP contribution in [0.3, 0.4) is 0 Å². The average Bonchev–Trinajstić information content (AvgIpc) is 3.37. The van der Waals surface area contributed by atoms with Gasteiger partial charge in [0.15, 0.2) is 5.82 Å². The smallest absolute Gasteiger partial charge is 0.229 e. The van der Waals surface area contributed by atoms with E-state index in [1.807, 2.05) is 29.2 Å². The number of nitrogens with one attached hydrogen (secondary N) is 1. The van der Waals surface area contributed by atoms with Crippen LogP contribution in [0.25, 0.3) is 0 Å². The highest BCUT2D eigenvalue weighted by molar-refractivity contribution is 6.30. The molecule has 1 aromatic heterocycles. The summed E-state index contributed by atoms with van der Waals surface area (Å²) < 4.78 is 4.94. The van der Waals surface area contributed by atoms with Crippen LogP contribution < -0.4 is 10.2 Å². The molecule has 1 saturated heterocycles. The lowest BCUT2D eigenvalue weighted by molar-refractivity contribution is -0.134. The van der Waals surface area contributed by atoms with E-state index in [0.29, 0.717) is 36.1 Å². The zero-order valence-electron chi connectivity index (χ0n) is 15.0. The monoisotopic (exact) mass is 388 g/mol. The molecule has 2 fully saturated rings. The van der Waals surface area contributed by atoms with E-state index in [4.69, 9.17) is 16.1 Å². The highest BCUT2D eigenvalue weighted by atomic mass is 35.5. The van der Waals surface area contributed by atoms with E-state index in [1.54, 1.807) is 13.0 Å². The number of aryl methyl sites for hydroxylation is 1. The van der Waals surface area contributed by atoms with Crippen LogP contribution in [0, 0.1) is 18.8 Å². The molecule has 4 rings (SSSR count). The van der Waals surface area contributed by atoms with Crippen molar-refractivity contribution in [1.82, 2.24) is 10.1 Å². The van der Waals surface area contributed by atoms with Crippen LogP contribution >= 0.6 is 11.6 Å². The third-order valence-corrected chi connectivity index (χ3v) is 5.32. The Morgan fingerprint density at radius 2 is 1.96 bits per heavy atom. The van der Waals surface area contributed by atoms with Gasteiger partial charge < -0.3 is 19.6 Å². The molecule has 8 heteroatoms. The predicted octanol–water partition coefficient (Wildman–Crippen LogP) is 2.56. The standard InChI is InChI=1S/C19H21ClN4O3/c1-12-9-17(22-27-12)21-18(25)15-11-16(15)19(26)24-7-5-23(6-8-24)14-4-2-3-13(20)10-14/h2-4,9-10,15-16H,5-8,11H2,1H3,(H,21,22,25). The van der Waals surface area contributed by atoms with E-state index in [0.717, 1.165) is 18.8 Å². The lowest BCUT2D eigenvalue weighted by Gasteiger charge is -2.36. The van der Waals surface area contributed by atoms with Crippen LogP contribution in [0.1, 0.15) is 12.2 Å². The van der Waals surface area contributed by atoms with Gasteiger partial charge in [0.1, 0.15) is 5.76 Å². The second-order valence-corrected chi connectivity index (χ2v) is 7.49. The van der Waals surface area contributed by atoms with Gasteiger partial charge >= 0.3 is 0 Å². The molecule has 2 aliphatic rings. The van der Waals surface area contributed by atoms with Crippen LogP contribution in [0.2, 0.25) is 5.02 Å². The molecule has 0 bridgehead atoms. The van der Waals surface area contributed by atoms with Crippen molar-refractivity contribution in [1.29, 1.82) is 0 Å². The molecule has 2 atom stereocenters. The van der Waals surface area contributed by atoms with E-state index in [1.165, 1.54) is 0 Å². The van der Waals surface area contributed by atoms with Crippen molar-refractivity contribution >= 4 is 34.9 Å². The number of piperazine rings is 1. The van der Waals surface area contributed by atoms with E-state index in [9.17, 15) is 9.59 Å². The molecule has 0 radical (unpaired) electrons. The summed E-state index contributed by atoms with van der Waals surface area (Å²) in [5.74, 6) is 0.421. The maximum atomic E-state index is 12.7. The molecule has 1 aliphatic heterocycles. The molecular formula is C19H21ClN4O3. The minimum Gasteiger partial charge on any atom is -0.368 e. The highest BCUT2D eigenvalue weighted by Crippen LogP contribution is 2.41. The quantitative estimate of drug-likeness (QED) is 0.870. The van der Waals surface area contributed by atoms with Gasteiger partial charge in [-0.15, -0.1) is 0 Å². The van der Waals surface area contributed by atoms with Gasteiger partial charge in [0, 0.05) is 43.0 Å². The number of nitrogens with zero attached hydrogens (tertiary/aromatic N) is 3. The largest absolute Gasteiger partial charge is 0.368 e. The summed E-state index contributed by atoms with van der Waals surface area (Å²) >= 11 is 6.06. The minimum absolute atomic E-state index is 0.0669. The number of halogens is 1. The second kappa shape index (κ2) is 7.23. The lowest BCUT2D eigenvalue weighted by atomic mass is 10.2. The molecule has 1 aromatic carbocycles. The molecule has 2 unspecified atom stereocenters. The zero-order valence-corrected chi connectivity index (χ0v) is 15.8. The Bertz CT molecular complexity index is 860. The molecule has 2 heterocycles. The molecule has 0 spiro atoms. The second-order valence-electron chi connectivity index (χ2n) is 7.05. The van der Waals surface area contributed by atoms with Crippen LogP contribution in [-0.4, -0.2) is 48.0 Å². The fourth-order valence-corrected chi connectivity index (χ4v) is 3.68. The molecule has 1 saturated carbocycles. The maximum absolute atomic E-state index is 12.7. The Balaban J connectivity index is 1.28. The number of anilines is 2. The predicted molar refractivity (Wildman–Crippen MR) is 102 cm³/mol. The van der Waals surface area contributed by atoms with Crippen molar-refractivity contribution in [2.24, 2.45) is 11.8 Å². The summed E-state index contributed by atoms with van der Waals surface area (Å²) in [6.07, 6.45) is 0.593. The number of carbonyl (C=O) groups is 2. The van der Waals surface area contributed by atoms with Gasteiger partial charge in [-0.25, -0.2) is 0 Å². The number of hydrogen-bond donors (Lipinski definition) is 1. The Morgan fingerprint density at radius 1 is 1.19 bits per heavy atom. The molecule has 2 amide bonds. The summed E-state index contributed by atoms with van der Waals surface area (Å²) in [6, 6.07) is 9.40. The number of carbonyl (C=O) groups excluding carboxylic acids is 2. The van der Waals surface area contributed by atoms with Gasteiger partial charge in [0.05, 0.1) is 11.8 Å². The summed E-state index contributed by atoms with van der Waals surface area (Å²) in [4.78, 5) is 29.0. The first-order valence-corrected chi connectivity index (χ1v) is 9.42. The SMILES string of the molecule is Cc1cc(NC(=O)C2CC2C(=O)N2CCN(c3cccc(Cl)c3)CC2)no1. The van der Waals surface area contributed by atoms with Crippen molar-refractivity contribution in [2.75, 3.05) is 36.4 Å². The molecule has 7 nitrogen and oxygen atoms in total. The highest BCUT2D eigenvalue weighted by Gasteiger charge is 2.49. The van der Waals surface area contributed by atoms with Gasteiger partial charge in [-0.3, -0.25) is 9.59 Å². The Kier molecular flexibility index (Phi) is 4.78. The number of benzene rings is 1. The fourth-order valence-electron chi connectivity index (χ4n) is 3.49. The summed E-state index contributed by atoms with van der Waals surface area (Å²) in [6.45, 7) is 4.58. The van der Waals surface area contributed by atoms with E-state index in [-0.39, 0.29) is 23.7 Å². The summed E-state index contributed by atoms with van der Waals surface area (Å²) in [7, 11) is 0. The lowest BCUT2D eigenvalue weighted by Crippen LogP contribution is -2.49. The van der Waals surface area contributed by atoms with Crippen molar-refractivity contribution in [3.05, 3.63) is 41.1 Å². The van der Waals surface area contributed by atoms with Gasteiger partial charge in [0.25, 0.3) is 0 Å². The number of hydrogen-bond acceptors (Lipinski definition) is 5. The molecular weight excluding hydrogens is 368 g/mol. The zero-order chi connectivity index (χ0) is 19.0. The van der Waals surface area contributed by atoms with Crippen molar-refractivity contribution in [3.63, 3.8) is 0 Å². The van der Waals surface area contributed by atoms with Crippen molar-refractivity contribution < 1.29 is 14.1 Å². The fraction of sp³-hybridized carbons (Fsp3) is 0.421. The first-order valence-electron chi connectivity index (χ1n) is 9.05. The molecule has 1 N–H and O–H groups in total. The first-order chi connectivity index (χ1) is 13.0. The van der Waals surface area contributed by atoms with Gasteiger partial charge in [-0.1, -0.05) is 22.8 Å². The van der Waals surface area contributed by atoms with Gasteiger partial charge in [-0.2, -0.15) is 0 Å². The van der Waals surface area contributed by atoms with Crippen molar-refractivity contribution in [3.8, 4) is 0 Å². The Morgan fingerprint density at radius 3 is 2.63 bits per heavy atom. The minimum atomic E-state index is -0.277.